The summed E-state index contributed by atoms with van der Waals surface area (Å²) in [6.07, 6.45) is 1.57. The Bertz CT molecular complexity index is 1260. The number of hydrogen-bond acceptors (Lipinski definition) is 6. The Balaban J connectivity index is 1.54. The number of carbonyl (C=O) groups excluding carboxylic acids is 1. The molecule has 4 rings (SSSR count). The number of amides is 1. The summed E-state index contributed by atoms with van der Waals surface area (Å²) in [6.45, 7) is 6.24. The van der Waals surface area contributed by atoms with Crippen molar-refractivity contribution in [1.29, 1.82) is 0 Å². The highest BCUT2D eigenvalue weighted by molar-refractivity contribution is 6.05. The van der Waals surface area contributed by atoms with Gasteiger partial charge in [0.1, 0.15) is 23.7 Å². The quantitative estimate of drug-likeness (QED) is 0.408. The Hall–Kier alpha value is -3.87. The lowest BCUT2D eigenvalue weighted by molar-refractivity contribution is 0.102. The minimum Gasteiger partial charge on any atom is -0.466 e. The van der Waals surface area contributed by atoms with Crippen molar-refractivity contribution in [2.75, 3.05) is 23.0 Å². The molecule has 4 aromatic rings. The number of fused-ring (bicyclic) bond motifs is 1. The maximum Gasteiger partial charge on any atom is 0.259 e. The molecule has 0 spiro atoms. The van der Waals surface area contributed by atoms with E-state index in [-0.39, 0.29) is 5.91 Å². The number of hydrogen-bond donors (Lipinski definition) is 3. The van der Waals surface area contributed by atoms with E-state index in [0.717, 1.165) is 33.5 Å². The van der Waals surface area contributed by atoms with E-state index in [0.29, 0.717) is 29.3 Å². The number of aryl methyl sites for hydroxylation is 3. The molecule has 31 heavy (non-hydrogen) atoms. The van der Waals surface area contributed by atoms with Crippen LogP contribution < -0.4 is 16.0 Å². The predicted octanol–water partition coefficient (Wildman–Crippen LogP) is 5.05. The summed E-state index contributed by atoms with van der Waals surface area (Å²) in [6, 6.07) is 13.6. The predicted molar refractivity (Wildman–Crippen MR) is 124 cm³/mol. The number of nitrogens with zero attached hydrogens (tertiary/aromatic N) is 2. The minimum absolute atomic E-state index is 0.186. The van der Waals surface area contributed by atoms with Gasteiger partial charge in [-0.15, -0.1) is 0 Å². The number of rotatable bonds is 6. The van der Waals surface area contributed by atoms with Gasteiger partial charge in [0, 0.05) is 30.4 Å². The molecule has 0 aliphatic carbocycles. The van der Waals surface area contributed by atoms with Gasteiger partial charge in [0.15, 0.2) is 0 Å². The van der Waals surface area contributed by atoms with Gasteiger partial charge in [-0.05, 0) is 56.2 Å². The normalized spacial score (nSPS) is 10.8. The Labute approximate surface area is 180 Å². The van der Waals surface area contributed by atoms with Crippen molar-refractivity contribution < 1.29 is 9.21 Å². The Morgan fingerprint density at radius 1 is 1.06 bits per heavy atom. The van der Waals surface area contributed by atoms with E-state index in [4.69, 9.17) is 4.42 Å². The molecule has 2 aromatic carbocycles. The van der Waals surface area contributed by atoms with Gasteiger partial charge in [-0.25, -0.2) is 9.97 Å². The molecule has 0 bridgehead atoms. The third kappa shape index (κ3) is 4.21. The summed E-state index contributed by atoms with van der Waals surface area (Å²) in [5.41, 5.74) is 5.26. The standard InChI is InChI=1S/C24H25N5O2/c1-14-8-9-18(29-24(30)20-10-15(2)31-16(20)3)11-21(14)26-12-17-6-5-7-19-22(17)27-13-28-23(19)25-4/h5-11,13,26H,12H2,1-4H3,(H,29,30)(H,25,27,28). The number of benzene rings is 2. The van der Waals surface area contributed by atoms with Crippen molar-refractivity contribution in [2.45, 2.75) is 27.3 Å². The second-order valence-electron chi connectivity index (χ2n) is 7.45. The average molecular weight is 415 g/mol. The highest BCUT2D eigenvalue weighted by Gasteiger charge is 2.14. The van der Waals surface area contributed by atoms with Gasteiger partial charge < -0.3 is 20.4 Å². The SMILES string of the molecule is CNc1ncnc2c(CNc3cc(NC(=O)c4cc(C)oc4C)ccc3C)cccc12. The molecular weight excluding hydrogens is 390 g/mol. The van der Waals surface area contributed by atoms with Gasteiger partial charge in [-0.2, -0.15) is 0 Å². The van der Waals surface area contributed by atoms with E-state index < -0.39 is 0 Å². The van der Waals surface area contributed by atoms with Crippen molar-refractivity contribution >= 4 is 34.0 Å². The molecule has 0 fully saturated rings. The van der Waals surface area contributed by atoms with Gasteiger partial charge in [-0.1, -0.05) is 18.2 Å². The van der Waals surface area contributed by atoms with E-state index in [9.17, 15) is 4.79 Å². The smallest absolute Gasteiger partial charge is 0.259 e. The lowest BCUT2D eigenvalue weighted by atomic mass is 10.1. The number of aromatic nitrogens is 2. The van der Waals surface area contributed by atoms with E-state index in [1.165, 1.54) is 0 Å². The van der Waals surface area contributed by atoms with Crippen molar-refractivity contribution in [3.05, 3.63) is 77.0 Å². The van der Waals surface area contributed by atoms with Crippen molar-refractivity contribution in [3.63, 3.8) is 0 Å². The number of carbonyl (C=O) groups is 1. The molecule has 0 saturated heterocycles. The largest absolute Gasteiger partial charge is 0.466 e. The van der Waals surface area contributed by atoms with Gasteiger partial charge in [0.2, 0.25) is 0 Å². The monoisotopic (exact) mass is 415 g/mol. The zero-order valence-corrected chi connectivity index (χ0v) is 18.0. The van der Waals surface area contributed by atoms with Crippen LogP contribution in [0.5, 0.6) is 0 Å². The summed E-state index contributed by atoms with van der Waals surface area (Å²) < 4.78 is 5.47. The zero-order valence-electron chi connectivity index (χ0n) is 18.0. The fourth-order valence-corrected chi connectivity index (χ4v) is 3.63. The maximum absolute atomic E-state index is 12.6. The number of para-hydroxylation sites is 1. The van der Waals surface area contributed by atoms with Crippen LogP contribution in [-0.4, -0.2) is 22.9 Å². The van der Waals surface area contributed by atoms with Crippen LogP contribution in [0.1, 0.15) is 33.0 Å². The Morgan fingerprint density at radius 3 is 2.65 bits per heavy atom. The molecule has 0 radical (unpaired) electrons. The molecular formula is C24H25N5O2. The summed E-state index contributed by atoms with van der Waals surface area (Å²) >= 11 is 0. The summed E-state index contributed by atoms with van der Waals surface area (Å²) in [5.74, 6) is 1.95. The maximum atomic E-state index is 12.6. The fourth-order valence-electron chi connectivity index (χ4n) is 3.63. The van der Waals surface area contributed by atoms with E-state index in [1.54, 1.807) is 19.3 Å². The lowest BCUT2D eigenvalue weighted by Crippen LogP contribution is -2.12. The third-order valence-electron chi connectivity index (χ3n) is 5.24. The summed E-state index contributed by atoms with van der Waals surface area (Å²) in [4.78, 5) is 21.4. The van der Waals surface area contributed by atoms with Crippen LogP contribution in [0.15, 0.2) is 53.2 Å². The molecule has 0 aliphatic rings. The molecule has 0 atom stereocenters. The van der Waals surface area contributed by atoms with E-state index >= 15 is 0 Å². The molecule has 0 aliphatic heterocycles. The zero-order chi connectivity index (χ0) is 22.0. The Morgan fingerprint density at radius 2 is 1.90 bits per heavy atom. The van der Waals surface area contributed by atoms with Crippen molar-refractivity contribution in [2.24, 2.45) is 0 Å². The minimum atomic E-state index is -0.186. The van der Waals surface area contributed by atoms with Crippen molar-refractivity contribution in [1.82, 2.24) is 9.97 Å². The molecule has 158 valence electrons. The second-order valence-corrected chi connectivity index (χ2v) is 7.45. The molecule has 7 nitrogen and oxygen atoms in total. The van der Waals surface area contributed by atoms with Gasteiger partial charge in [-0.3, -0.25) is 4.79 Å². The molecule has 2 aromatic heterocycles. The highest BCUT2D eigenvalue weighted by Crippen LogP contribution is 2.25. The summed E-state index contributed by atoms with van der Waals surface area (Å²) in [5, 5.41) is 10.5. The highest BCUT2D eigenvalue weighted by atomic mass is 16.3. The van der Waals surface area contributed by atoms with E-state index in [1.807, 2.05) is 57.3 Å². The molecule has 0 unspecified atom stereocenters. The lowest BCUT2D eigenvalue weighted by Gasteiger charge is -2.14. The van der Waals surface area contributed by atoms with Crippen LogP contribution in [0.3, 0.4) is 0 Å². The first-order valence-electron chi connectivity index (χ1n) is 10.1. The first-order valence-corrected chi connectivity index (χ1v) is 10.1. The molecule has 7 heteroatoms. The first-order chi connectivity index (χ1) is 15.0. The molecule has 0 saturated carbocycles. The van der Waals surface area contributed by atoms with Crippen LogP contribution in [0.25, 0.3) is 10.9 Å². The third-order valence-corrected chi connectivity index (χ3v) is 5.24. The number of furan rings is 1. The first kappa shape index (κ1) is 20.4. The van der Waals surface area contributed by atoms with Crippen LogP contribution in [0, 0.1) is 20.8 Å². The van der Waals surface area contributed by atoms with Crippen LogP contribution in [-0.2, 0) is 6.54 Å². The van der Waals surface area contributed by atoms with Gasteiger partial charge in [0.05, 0.1) is 11.1 Å². The molecule has 1 amide bonds. The second kappa shape index (κ2) is 8.47. The van der Waals surface area contributed by atoms with Gasteiger partial charge >= 0.3 is 0 Å². The summed E-state index contributed by atoms with van der Waals surface area (Å²) in [7, 11) is 1.85. The van der Waals surface area contributed by atoms with Crippen LogP contribution in [0.4, 0.5) is 17.2 Å². The van der Waals surface area contributed by atoms with Gasteiger partial charge in [0.25, 0.3) is 5.91 Å². The number of nitrogens with one attached hydrogen (secondary N) is 3. The van der Waals surface area contributed by atoms with Crippen molar-refractivity contribution in [3.8, 4) is 0 Å². The topological polar surface area (TPSA) is 92.1 Å². The Kier molecular flexibility index (Phi) is 5.58. The van der Waals surface area contributed by atoms with Crippen LogP contribution in [0.2, 0.25) is 0 Å². The van der Waals surface area contributed by atoms with E-state index in [2.05, 4.69) is 25.9 Å². The van der Waals surface area contributed by atoms with Crippen LogP contribution >= 0.6 is 0 Å². The molecule has 2 heterocycles. The molecule has 3 N–H and O–H groups in total. The average Bonchev–Trinajstić information content (AvgIpc) is 3.11. The fraction of sp³-hybridized carbons (Fsp3) is 0.208. The number of anilines is 3.